The number of carbonyl (C=O) groups is 3. The van der Waals surface area contributed by atoms with Crippen molar-refractivity contribution in [3.63, 3.8) is 0 Å². The molecule has 3 amide bonds. The molecule has 2 bridgehead atoms. The van der Waals surface area contributed by atoms with Crippen LogP contribution in [0.5, 0.6) is 0 Å². The summed E-state index contributed by atoms with van der Waals surface area (Å²) in [6, 6.07) is 11.7. The molecule has 8 nitrogen and oxygen atoms in total. The number of fused-ring (bicyclic) bond motifs is 4. The van der Waals surface area contributed by atoms with E-state index >= 15 is 0 Å². The highest BCUT2D eigenvalue weighted by Crippen LogP contribution is 2.57. The van der Waals surface area contributed by atoms with Gasteiger partial charge in [0.25, 0.3) is 11.8 Å². The summed E-state index contributed by atoms with van der Waals surface area (Å²) < 4.78 is 0. The lowest BCUT2D eigenvalue weighted by Gasteiger charge is -2.37. The van der Waals surface area contributed by atoms with Crippen LogP contribution >= 0.6 is 0 Å². The number of carbonyl (C=O) groups excluding carboxylic acids is 3. The van der Waals surface area contributed by atoms with Crippen molar-refractivity contribution in [3.8, 4) is 0 Å². The number of nitrogens with zero attached hydrogens (tertiary/aromatic N) is 4. The van der Waals surface area contributed by atoms with Gasteiger partial charge in [-0.1, -0.05) is 18.2 Å². The lowest BCUT2D eigenvalue weighted by Crippen LogP contribution is -2.56. The third-order valence-electron chi connectivity index (χ3n) is 8.26. The summed E-state index contributed by atoms with van der Waals surface area (Å²) in [4.78, 5) is 51.2. The van der Waals surface area contributed by atoms with Crippen LogP contribution in [0.2, 0.25) is 0 Å². The summed E-state index contributed by atoms with van der Waals surface area (Å²) >= 11 is 0. The molecule has 1 aromatic carbocycles. The van der Waals surface area contributed by atoms with Gasteiger partial charge in [-0.25, -0.2) is 0 Å². The van der Waals surface area contributed by atoms with Crippen molar-refractivity contribution in [2.75, 3.05) is 37.6 Å². The minimum Gasteiger partial charge on any atom is -0.356 e. The normalized spacial score (nSPS) is 28.9. The van der Waals surface area contributed by atoms with Crippen LogP contribution in [-0.2, 0) is 15.1 Å². The van der Waals surface area contributed by atoms with E-state index in [1.807, 2.05) is 34.1 Å². The summed E-state index contributed by atoms with van der Waals surface area (Å²) in [6.07, 6.45) is 7.39. The molecule has 2 aromatic rings. The molecule has 1 spiro atoms. The number of hydrogen-bond acceptors (Lipinski definition) is 5. The summed E-state index contributed by atoms with van der Waals surface area (Å²) in [5.74, 6) is -0.470. The Bertz CT molecular complexity index is 1150. The zero-order valence-electron chi connectivity index (χ0n) is 19.9. The Kier molecular flexibility index (Phi) is 5.56. The van der Waals surface area contributed by atoms with Crippen LogP contribution in [0.1, 0.15) is 48.0 Å². The fraction of sp³-hybridized carbons (Fsp3) is 0.481. The molecule has 3 atom stereocenters. The Balaban J connectivity index is 1.35. The number of amides is 3. The van der Waals surface area contributed by atoms with Gasteiger partial charge in [0, 0.05) is 61.4 Å². The highest BCUT2D eigenvalue weighted by Gasteiger charge is 2.66. The molecule has 3 saturated heterocycles. The van der Waals surface area contributed by atoms with Crippen molar-refractivity contribution in [3.05, 3.63) is 59.9 Å². The topological polar surface area (TPSA) is 85.9 Å². The molecule has 0 aliphatic carbocycles. The first-order valence-corrected chi connectivity index (χ1v) is 12.8. The smallest absolute Gasteiger partial charge is 0.253 e. The third kappa shape index (κ3) is 3.37. The predicted octanol–water partition coefficient (Wildman–Crippen LogP) is 2.16. The quantitative estimate of drug-likeness (QED) is 0.686. The lowest BCUT2D eigenvalue weighted by atomic mass is 9.78. The standard InChI is InChI=1S/C27H31N5O3/c33-24-22-18-20-6-3-17-32(20)27(22)21-7-1-2-8-23(21)31(26(27)35)16-5-15-30(14-4-11-29-24)25(34)19-9-12-28-13-10-19/h1-2,7-10,12-13,20,22H,3-6,11,14-18H2,(H,29,33)/t20-,22+,27+/m0/s1. The minimum atomic E-state index is -0.914. The van der Waals surface area contributed by atoms with Crippen LogP contribution in [0, 0.1) is 5.92 Å². The Hall–Kier alpha value is -3.26. The van der Waals surface area contributed by atoms with Gasteiger partial charge in [-0.2, -0.15) is 0 Å². The average molecular weight is 474 g/mol. The Morgan fingerprint density at radius 3 is 2.63 bits per heavy atom. The van der Waals surface area contributed by atoms with Gasteiger partial charge in [0.1, 0.15) is 5.54 Å². The SMILES string of the molecule is O=C1NCCCN(C(=O)c2ccncc2)CCCN2C(=O)[C@@]3(c4ccccc42)[C@@H]1C[C@@H]1CCCN13. The number of para-hydroxylation sites is 1. The Morgan fingerprint density at radius 2 is 1.77 bits per heavy atom. The second kappa shape index (κ2) is 8.75. The average Bonchev–Trinajstić information content (AvgIpc) is 3.54. The highest BCUT2D eigenvalue weighted by molar-refractivity contribution is 6.11. The molecular weight excluding hydrogens is 442 g/mol. The molecule has 4 aliphatic heterocycles. The number of hydrogen-bond donors (Lipinski definition) is 1. The van der Waals surface area contributed by atoms with Crippen molar-refractivity contribution in [2.45, 2.75) is 43.7 Å². The number of benzene rings is 1. The van der Waals surface area contributed by atoms with E-state index in [4.69, 9.17) is 0 Å². The monoisotopic (exact) mass is 473 g/mol. The molecule has 0 unspecified atom stereocenters. The van der Waals surface area contributed by atoms with Gasteiger partial charge in [0.05, 0.1) is 5.92 Å². The first-order chi connectivity index (χ1) is 17.1. The van der Waals surface area contributed by atoms with Crippen LogP contribution in [0.15, 0.2) is 48.8 Å². The zero-order valence-corrected chi connectivity index (χ0v) is 19.9. The summed E-state index contributed by atoms with van der Waals surface area (Å²) in [5, 5.41) is 3.13. The van der Waals surface area contributed by atoms with E-state index < -0.39 is 11.5 Å². The van der Waals surface area contributed by atoms with Crippen LogP contribution in [-0.4, -0.2) is 71.3 Å². The molecule has 5 heterocycles. The van der Waals surface area contributed by atoms with Gasteiger partial charge in [0.2, 0.25) is 5.91 Å². The molecule has 0 radical (unpaired) electrons. The summed E-state index contributed by atoms with van der Waals surface area (Å²) in [6.45, 7) is 2.94. The molecule has 3 fully saturated rings. The van der Waals surface area contributed by atoms with Gasteiger partial charge >= 0.3 is 0 Å². The number of rotatable bonds is 1. The molecule has 182 valence electrons. The fourth-order valence-corrected chi connectivity index (χ4v) is 6.80. The van der Waals surface area contributed by atoms with Crippen molar-refractivity contribution < 1.29 is 14.4 Å². The zero-order chi connectivity index (χ0) is 24.0. The maximum atomic E-state index is 14.3. The van der Waals surface area contributed by atoms with Gasteiger partial charge in [-0.15, -0.1) is 0 Å². The van der Waals surface area contributed by atoms with Gasteiger partial charge in [-0.3, -0.25) is 24.3 Å². The molecule has 35 heavy (non-hydrogen) atoms. The van der Waals surface area contributed by atoms with Crippen molar-refractivity contribution in [2.24, 2.45) is 5.92 Å². The second-order valence-electron chi connectivity index (χ2n) is 10.0. The van der Waals surface area contributed by atoms with E-state index in [2.05, 4.69) is 15.2 Å². The van der Waals surface area contributed by atoms with Gasteiger partial charge in [0.15, 0.2) is 0 Å². The maximum Gasteiger partial charge on any atom is 0.253 e. The van der Waals surface area contributed by atoms with Gasteiger partial charge < -0.3 is 15.1 Å². The maximum absolute atomic E-state index is 14.3. The van der Waals surface area contributed by atoms with Crippen molar-refractivity contribution in [1.29, 1.82) is 0 Å². The lowest BCUT2D eigenvalue weighted by molar-refractivity contribution is -0.138. The number of nitrogens with one attached hydrogen (secondary N) is 1. The minimum absolute atomic E-state index is 0.0227. The summed E-state index contributed by atoms with van der Waals surface area (Å²) in [5.41, 5.74) is 1.57. The first kappa shape index (κ1) is 22.2. The fourth-order valence-electron chi connectivity index (χ4n) is 6.80. The van der Waals surface area contributed by atoms with Crippen LogP contribution in [0.3, 0.4) is 0 Å². The Morgan fingerprint density at radius 1 is 0.971 bits per heavy atom. The molecule has 1 N–H and O–H groups in total. The van der Waals surface area contributed by atoms with E-state index in [1.54, 1.807) is 24.5 Å². The van der Waals surface area contributed by atoms with Crippen molar-refractivity contribution >= 4 is 23.4 Å². The molecule has 4 aliphatic rings. The molecule has 6 rings (SSSR count). The van der Waals surface area contributed by atoms with Crippen molar-refractivity contribution in [1.82, 2.24) is 20.1 Å². The Labute approximate surface area is 205 Å². The van der Waals surface area contributed by atoms with E-state index in [1.165, 1.54) is 0 Å². The van der Waals surface area contributed by atoms with E-state index in [-0.39, 0.29) is 23.8 Å². The van der Waals surface area contributed by atoms with Crippen LogP contribution in [0.4, 0.5) is 5.69 Å². The highest BCUT2D eigenvalue weighted by atomic mass is 16.2. The molecular formula is C27H31N5O3. The number of aromatic nitrogens is 1. The summed E-state index contributed by atoms with van der Waals surface area (Å²) in [7, 11) is 0. The third-order valence-corrected chi connectivity index (χ3v) is 8.26. The van der Waals surface area contributed by atoms with Crippen LogP contribution in [0.25, 0.3) is 0 Å². The second-order valence-corrected chi connectivity index (χ2v) is 10.0. The largest absolute Gasteiger partial charge is 0.356 e. The van der Waals surface area contributed by atoms with E-state index in [0.29, 0.717) is 51.0 Å². The molecule has 8 heteroatoms. The first-order valence-electron chi connectivity index (χ1n) is 12.8. The van der Waals surface area contributed by atoms with Gasteiger partial charge in [-0.05, 0) is 56.8 Å². The number of pyridine rings is 1. The van der Waals surface area contributed by atoms with E-state index in [0.717, 1.165) is 30.6 Å². The molecule has 1 aromatic heterocycles. The number of anilines is 1. The molecule has 0 saturated carbocycles. The van der Waals surface area contributed by atoms with E-state index in [9.17, 15) is 14.4 Å². The van der Waals surface area contributed by atoms with Crippen LogP contribution < -0.4 is 10.2 Å². The predicted molar refractivity (Wildman–Crippen MR) is 131 cm³/mol.